The van der Waals surface area contributed by atoms with Crippen molar-refractivity contribution in [3.05, 3.63) is 46.8 Å². The topological polar surface area (TPSA) is 66.6 Å². The molecule has 22 heavy (non-hydrogen) atoms. The molecule has 0 saturated heterocycles. The Balaban J connectivity index is 2.20. The lowest BCUT2D eigenvalue weighted by Crippen LogP contribution is -2.41. The smallest absolute Gasteiger partial charge is 0.232 e. The first-order valence-corrected chi connectivity index (χ1v) is 7.20. The minimum Gasteiger partial charge on any atom is -0.508 e. The highest BCUT2D eigenvalue weighted by Crippen LogP contribution is 2.31. The number of amides is 1. The van der Waals surface area contributed by atoms with Crippen molar-refractivity contribution in [2.24, 2.45) is 0 Å². The molecule has 0 bridgehead atoms. The maximum atomic E-state index is 12.8. The Morgan fingerprint density at radius 1 is 1.27 bits per heavy atom. The molecule has 1 heterocycles. The summed E-state index contributed by atoms with van der Waals surface area (Å²) in [5.41, 5.74) is 1.84. The molecule has 1 amide bonds. The van der Waals surface area contributed by atoms with Crippen LogP contribution in [0.3, 0.4) is 0 Å². The highest BCUT2D eigenvalue weighted by molar-refractivity contribution is 5.87. The molecule has 1 aromatic heterocycles. The number of aromatic nitrogens is 1. The number of nitrogens with zero attached hydrogens (tertiary/aromatic N) is 2. The Morgan fingerprint density at radius 2 is 1.86 bits per heavy atom. The third-order valence-corrected chi connectivity index (χ3v) is 3.90. The van der Waals surface area contributed by atoms with E-state index in [2.05, 4.69) is 5.16 Å². The molecule has 0 atom stereocenters. The van der Waals surface area contributed by atoms with Crippen molar-refractivity contribution >= 4 is 5.91 Å². The largest absolute Gasteiger partial charge is 0.508 e. The summed E-state index contributed by atoms with van der Waals surface area (Å²) in [6, 6.07) is 6.85. The number of likely N-dealkylation sites (N-methyl/N-ethyl adjacent to an activating group) is 1. The summed E-state index contributed by atoms with van der Waals surface area (Å²) in [6.07, 6.45) is 0. The van der Waals surface area contributed by atoms with Crippen LogP contribution in [0.5, 0.6) is 5.75 Å². The number of hydrogen-bond acceptors (Lipinski definition) is 4. The molecule has 2 aromatic rings. The quantitative estimate of drug-likeness (QED) is 0.943. The summed E-state index contributed by atoms with van der Waals surface area (Å²) in [6.45, 7) is 7.92. The highest BCUT2D eigenvalue weighted by atomic mass is 16.5. The van der Waals surface area contributed by atoms with E-state index in [0.29, 0.717) is 12.3 Å². The molecule has 5 heteroatoms. The Morgan fingerprint density at radius 3 is 2.36 bits per heavy atom. The lowest BCUT2D eigenvalue weighted by Gasteiger charge is -2.29. The van der Waals surface area contributed by atoms with Gasteiger partial charge in [-0.3, -0.25) is 4.79 Å². The number of phenols is 1. The number of carbonyl (C=O) groups is 1. The van der Waals surface area contributed by atoms with E-state index in [1.165, 1.54) is 0 Å². The van der Waals surface area contributed by atoms with Gasteiger partial charge in [0.1, 0.15) is 11.5 Å². The van der Waals surface area contributed by atoms with Crippen molar-refractivity contribution in [3.63, 3.8) is 0 Å². The van der Waals surface area contributed by atoms with Gasteiger partial charge >= 0.3 is 0 Å². The first-order chi connectivity index (χ1) is 10.2. The molecule has 5 nitrogen and oxygen atoms in total. The first-order valence-electron chi connectivity index (χ1n) is 7.20. The number of aryl methyl sites for hydroxylation is 2. The predicted octanol–water partition coefficient (Wildman–Crippen LogP) is 2.93. The van der Waals surface area contributed by atoms with Crippen molar-refractivity contribution in [1.82, 2.24) is 10.1 Å². The van der Waals surface area contributed by atoms with Gasteiger partial charge in [-0.05, 0) is 45.4 Å². The lowest BCUT2D eigenvalue weighted by molar-refractivity contribution is -0.135. The van der Waals surface area contributed by atoms with Gasteiger partial charge in [0.2, 0.25) is 5.91 Å². The van der Waals surface area contributed by atoms with Gasteiger partial charge in [-0.25, -0.2) is 0 Å². The van der Waals surface area contributed by atoms with Gasteiger partial charge in [-0.15, -0.1) is 0 Å². The second-order valence-electron chi connectivity index (χ2n) is 6.15. The Kier molecular flexibility index (Phi) is 4.26. The minimum absolute atomic E-state index is 0.00465. The average Bonchev–Trinajstić information content (AvgIpc) is 2.80. The fourth-order valence-corrected chi connectivity index (χ4v) is 2.91. The van der Waals surface area contributed by atoms with E-state index in [0.717, 1.165) is 16.8 Å². The van der Waals surface area contributed by atoms with E-state index in [4.69, 9.17) is 4.52 Å². The zero-order valence-corrected chi connectivity index (χ0v) is 13.7. The minimum atomic E-state index is -0.708. The van der Waals surface area contributed by atoms with Crippen LogP contribution >= 0.6 is 0 Å². The van der Waals surface area contributed by atoms with E-state index >= 15 is 0 Å². The van der Waals surface area contributed by atoms with Gasteiger partial charge in [0, 0.05) is 19.2 Å². The van der Waals surface area contributed by atoms with E-state index in [9.17, 15) is 9.90 Å². The summed E-state index contributed by atoms with van der Waals surface area (Å²) >= 11 is 0. The van der Waals surface area contributed by atoms with Gasteiger partial charge in [-0.1, -0.05) is 17.3 Å². The summed E-state index contributed by atoms with van der Waals surface area (Å²) in [5.74, 6) is 0.887. The summed E-state index contributed by atoms with van der Waals surface area (Å²) in [7, 11) is 1.77. The second kappa shape index (κ2) is 5.83. The third-order valence-electron chi connectivity index (χ3n) is 3.90. The van der Waals surface area contributed by atoms with Crippen LogP contribution in [0.2, 0.25) is 0 Å². The lowest BCUT2D eigenvalue weighted by atomic mass is 9.82. The molecule has 1 aromatic carbocycles. The number of rotatable bonds is 4. The van der Waals surface area contributed by atoms with Crippen LogP contribution in [-0.4, -0.2) is 28.1 Å². The molecule has 0 radical (unpaired) electrons. The molecule has 0 aliphatic carbocycles. The SMILES string of the molecule is Cc1noc(C)c1C(C)(C)C(=O)N(C)Cc1ccc(O)cc1. The number of aromatic hydroxyl groups is 1. The van der Waals surface area contributed by atoms with Crippen LogP contribution in [-0.2, 0) is 16.8 Å². The number of benzene rings is 1. The fraction of sp³-hybridized carbons (Fsp3) is 0.412. The van der Waals surface area contributed by atoms with Crippen LogP contribution in [0.4, 0.5) is 0 Å². The van der Waals surface area contributed by atoms with Crippen molar-refractivity contribution < 1.29 is 14.4 Å². The highest BCUT2D eigenvalue weighted by Gasteiger charge is 2.37. The average molecular weight is 302 g/mol. The molecule has 0 saturated carbocycles. The summed E-state index contributed by atoms with van der Waals surface area (Å²) in [5, 5.41) is 13.3. The van der Waals surface area contributed by atoms with Crippen molar-refractivity contribution in [3.8, 4) is 5.75 Å². The monoisotopic (exact) mass is 302 g/mol. The van der Waals surface area contributed by atoms with E-state index in [-0.39, 0.29) is 11.7 Å². The van der Waals surface area contributed by atoms with E-state index in [1.54, 1.807) is 24.1 Å². The molecule has 118 valence electrons. The molecule has 0 unspecified atom stereocenters. The van der Waals surface area contributed by atoms with E-state index in [1.807, 2.05) is 39.8 Å². The van der Waals surface area contributed by atoms with Crippen molar-refractivity contribution in [2.45, 2.75) is 39.7 Å². The van der Waals surface area contributed by atoms with Gasteiger partial charge in [-0.2, -0.15) is 0 Å². The molecule has 0 aliphatic heterocycles. The molecular formula is C17H22N2O3. The third kappa shape index (κ3) is 2.98. The fourth-order valence-electron chi connectivity index (χ4n) is 2.91. The standard InChI is InChI=1S/C17H22N2O3/c1-11-15(12(2)22-18-11)17(3,4)16(21)19(5)10-13-6-8-14(20)9-7-13/h6-9,20H,10H2,1-5H3. The second-order valence-corrected chi connectivity index (χ2v) is 6.15. The van der Waals surface area contributed by atoms with Gasteiger partial charge in [0.15, 0.2) is 0 Å². The molecule has 2 rings (SSSR count). The first kappa shape index (κ1) is 16.1. The number of carbonyl (C=O) groups excluding carboxylic acids is 1. The molecule has 0 spiro atoms. The van der Waals surface area contributed by atoms with E-state index < -0.39 is 5.41 Å². The van der Waals surface area contributed by atoms with Crippen molar-refractivity contribution in [1.29, 1.82) is 0 Å². The molecule has 1 N–H and O–H groups in total. The normalized spacial score (nSPS) is 11.5. The van der Waals surface area contributed by atoms with Crippen LogP contribution < -0.4 is 0 Å². The maximum absolute atomic E-state index is 12.8. The van der Waals surface area contributed by atoms with Crippen LogP contribution in [0.15, 0.2) is 28.8 Å². The number of hydrogen-bond donors (Lipinski definition) is 1. The molecular weight excluding hydrogens is 280 g/mol. The van der Waals surface area contributed by atoms with Crippen molar-refractivity contribution in [2.75, 3.05) is 7.05 Å². The number of phenolic OH excluding ortho intramolecular Hbond substituents is 1. The Labute approximate surface area is 130 Å². The zero-order valence-electron chi connectivity index (χ0n) is 13.7. The molecule has 0 fully saturated rings. The Hall–Kier alpha value is -2.30. The predicted molar refractivity (Wildman–Crippen MR) is 83.6 cm³/mol. The summed E-state index contributed by atoms with van der Waals surface area (Å²) < 4.78 is 5.19. The van der Waals surface area contributed by atoms with Crippen LogP contribution in [0.1, 0.15) is 36.4 Å². The maximum Gasteiger partial charge on any atom is 0.232 e. The van der Waals surface area contributed by atoms with Crippen LogP contribution in [0.25, 0.3) is 0 Å². The van der Waals surface area contributed by atoms with Gasteiger partial charge < -0.3 is 14.5 Å². The van der Waals surface area contributed by atoms with Gasteiger partial charge in [0.05, 0.1) is 11.1 Å². The zero-order chi connectivity index (χ0) is 16.5. The Bertz CT molecular complexity index is 652. The summed E-state index contributed by atoms with van der Waals surface area (Å²) in [4.78, 5) is 14.5. The molecule has 0 aliphatic rings. The van der Waals surface area contributed by atoms with Crippen LogP contribution in [0, 0.1) is 13.8 Å². The van der Waals surface area contributed by atoms with Gasteiger partial charge in [0.25, 0.3) is 0 Å².